The number of nitrogens with one attached hydrogen (secondary N) is 1. The zero-order valence-electron chi connectivity index (χ0n) is 13.4. The molecule has 3 N–H and O–H groups in total. The van der Waals surface area contributed by atoms with Gasteiger partial charge in [0, 0.05) is 18.2 Å². The molecule has 6 nitrogen and oxygen atoms in total. The average Bonchev–Trinajstić information content (AvgIpc) is 2.84. The summed E-state index contributed by atoms with van der Waals surface area (Å²) in [5, 5.41) is 0. The molecule has 3 rings (SSSR count). The van der Waals surface area contributed by atoms with Crippen LogP contribution in [0.1, 0.15) is 44.1 Å². The molecule has 0 saturated heterocycles. The Morgan fingerprint density at radius 2 is 1.74 bits per heavy atom. The summed E-state index contributed by atoms with van der Waals surface area (Å²) >= 11 is 0. The Labute approximate surface area is 137 Å². The zero-order chi connectivity index (χ0) is 16.5. The van der Waals surface area contributed by atoms with Gasteiger partial charge < -0.3 is 15.2 Å². The number of benzene rings is 1. The summed E-state index contributed by atoms with van der Waals surface area (Å²) in [5.74, 6) is 1.05. The fraction of sp³-hybridized carbons (Fsp3) is 0.625. The summed E-state index contributed by atoms with van der Waals surface area (Å²) in [6.45, 7) is 2.14. The molecule has 0 unspecified atom stereocenters. The van der Waals surface area contributed by atoms with Crippen molar-refractivity contribution in [1.29, 1.82) is 0 Å². The SMILES string of the molecule is Cc1cc2c(cc1S(=O)(=O)NCC1(N)CCCCCC1)OCO2. The molecule has 0 aromatic heterocycles. The fourth-order valence-electron chi connectivity index (χ4n) is 3.24. The smallest absolute Gasteiger partial charge is 0.241 e. The minimum absolute atomic E-state index is 0.123. The molecule has 1 heterocycles. The highest BCUT2D eigenvalue weighted by Crippen LogP contribution is 2.36. The first-order valence-electron chi connectivity index (χ1n) is 8.08. The molecule has 23 heavy (non-hydrogen) atoms. The first-order valence-corrected chi connectivity index (χ1v) is 9.57. The molecule has 1 aromatic carbocycles. The van der Waals surface area contributed by atoms with Crippen LogP contribution in [0.15, 0.2) is 17.0 Å². The van der Waals surface area contributed by atoms with Crippen LogP contribution in [0, 0.1) is 6.92 Å². The molecule has 1 aliphatic carbocycles. The Morgan fingerprint density at radius 1 is 1.13 bits per heavy atom. The Bertz CT molecular complexity index is 680. The first kappa shape index (κ1) is 16.5. The largest absolute Gasteiger partial charge is 0.454 e. The highest BCUT2D eigenvalue weighted by molar-refractivity contribution is 7.89. The van der Waals surface area contributed by atoms with Crippen molar-refractivity contribution in [2.45, 2.75) is 55.9 Å². The van der Waals surface area contributed by atoms with E-state index in [2.05, 4.69) is 4.72 Å². The lowest BCUT2D eigenvalue weighted by atomic mass is 9.92. The zero-order valence-corrected chi connectivity index (χ0v) is 14.2. The van der Waals surface area contributed by atoms with Gasteiger partial charge in [0.15, 0.2) is 11.5 Å². The third-order valence-corrected chi connectivity index (χ3v) is 6.22. The van der Waals surface area contributed by atoms with E-state index in [0.29, 0.717) is 17.1 Å². The van der Waals surface area contributed by atoms with E-state index < -0.39 is 15.6 Å². The van der Waals surface area contributed by atoms with Crippen LogP contribution >= 0.6 is 0 Å². The molecule has 128 valence electrons. The molecular formula is C16H24N2O4S. The van der Waals surface area contributed by atoms with E-state index in [1.807, 2.05) is 0 Å². The van der Waals surface area contributed by atoms with Gasteiger partial charge in [0.2, 0.25) is 16.8 Å². The van der Waals surface area contributed by atoms with E-state index in [4.69, 9.17) is 15.2 Å². The van der Waals surface area contributed by atoms with Gasteiger partial charge in [-0.1, -0.05) is 25.7 Å². The summed E-state index contributed by atoms with van der Waals surface area (Å²) < 4.78 is 38.6. The van der Waals surface area contributed by atoms with E-state index in [-0.39, 0.29) is 18.2 Å². The molecular weight excluding hydrogens is 316 g/mol. The molecule has 0 amide bonds. The van der Waals surface area contributed by atoms with E-state index in [9.17, 15) is 8.42 Å². The summed E-state index contributed by atoms with van der Waals surface area (Å²) in [7, 11) is -3.63. The molecule has 1 fully saturated rings. The van der Waals surface area contributed by atoms with Crippen LogP contribution in [0.5, 0.6) is 11.5 Å². The highest BCUT2D eigenvalue weighted by Gasteiger charge is 2.29. The molecule has 2 aliphatic rings. The first-order chi connectivity index (χ1) is 10.9. The average molecular weight is 340 g/mol. The number of rotatable bonds is 4. The molecule has 1 aromatic rings. The van der Waals surface area contributed by atoms with Crippen molar-refractivity contribution < 1.29 is 17.9 Å². The van der Waals surface area contributed by atoms with Gasteiger partial charge in [-0.05, 0) is 31.4 Å². The topological polar surface area (TPSA) is 90.7 Å². The van der Waals surface area contributed by atoms with Crippen LogP contribution in [-0.4, -0.2) is 27.3 Å². The van der Waals surface area contributed by atoms with Crippen molar-refractivity contribution in [3.8, 4) is 11.5 Å². The van der Waals surface area contributed by atoms with Crippen LogP contribution in [0.3, 0.4) is 0 Å². The number of ether oxygens (including phenoxy) is 2. The molecule has 0 atom stereocenters. The highest BCUT2D eigenvalue weighted by atomic mass is 32.2. The van der Waals surface area contributed by atoms with Crippen LogP contribution < -0.4 is 19.9 Å². The number of aryl methyl sites for hydroxylation is 1. The van der Waals surface area contributed by atoms with Gasteiger partial charge >= 0.3 is 0 Å². The lowest BCUT2D eigenvalue weighted by Crippen LogP contribution is -2.49. The lowest BCUT2D eigenvalue weighted by Gasteiger charge is -2.28. The molecule has 1 aliphatic heterocycles. The standard InChI is InChI=1S/C16H24N2O4S/c1-12-8-13-14(22-11-21-13)9-15(12)23(19,20)18-10-16(17)6-4-2-3-5-7-16/h8-9,18H,2-7,10-11,17H2,1H3. The second-order valence-electron chi connectivity index (χ2n) is 6.57. The van der Waals surface area contributed by atoms with Crippen molar-refractivity contribution >= 4 is 10.0 Å². The lowest BCUT2D eigenvalue weighted by molar-refractivity contribution is 0.174. The Kier molecular flexibility index (Phi) is 4.53. The number of fused-ring (bicyclic) bond motifs is 1. The van der Waals surface area contributed by atoms with Gasteiger partial charge in [0.05, 0.1) is 4.90 Å². The third kappa shape index (κ3) is 3.62. The maximum Gasteiger partial charge on any atom is 0.241 e. The molecule has 7 heteroatoms. The predicted molar refractivity (Wildman–Crippen MR) is 87.1 cm³/mol. The molecule has 1 saturated carbocycles. The van der Waals surface area contributed by atoms with Crippen molar-refractivity contribution in [1.82, 2.24) is 4.72 Å². The van der Waals surface area contributed by atoms with Gasteiger partial charge in [0.25, 0.3) is 0 Å². The Hall–Kier alpha value is -1.31. The molecule has 0 bridgehead atoms. The van der Waals surface area contributed by atoms with Gasteiger partial charge in [-0.15, -0.1) is 0 Å². The quantitative estimate of drug-likeness (QED) is 0.819. The fourth-order valence-corrected chi connectivity index (χ4v) is 4.62. The minimum atomic E-state index is -3.63. The summed E-state index contributed by atoms with van der Waals surface area (Å²) in [6.07, 6.45) is 6.17. The number of hydrogen-bond acceptors (Lipinski definition) is 5. The number of hydrogen-bond donors (Lipinski definition) is 2. The van der Waals surface area contributed by atoms with E-state index in [1.54, 1.807) is 13.0 Å². The third-order valence-electron chi connectivity index (χ3n) is 4.67. The van der Waals surface area contributed by atoms with Crippen molar-refractivity contribution in [3.05, 3.63) is 17.7 Å². The molecule has 0 spiro atoms. The summed E-state index contributed by atoms with van der Waals surface area (Å²) in [5.41, 5.74) is 6.58. The van der Waals surface area contributed by atoms with Crippen LogP contribution in [-0.2, 0) is 10.0 Å². The Balaban J connectivity index is 1.77. The maximum absolute atomic E-state index is 12.7. The second kappa shape index (κ2) is 6.30. The summed E-state index contributed by atoms with van der Waals surface area (Å²) in [6, 6.07) is 3.22. The van der Waals surface area contributed by atoms with E-state index >= 15 is 0 Å². The van der Waals surface area contributed by atoms with Crippen LogP contribution in [0.25, 0.3) is 0 Å². The van der Waals surface area contributed by atoms with Crippen molar-refractivity contribution in [3.63, 3.8) is 0 Å². The monoisotopic (exact) mass is 340 g/mol. The molecule has 0 radical (unpaired) electrons. The van der Waals surface area contributed by atoms with Crippen LogP contribution in [0.4, 0.5) is 0 Å². The maximum atomic E-state index is 12.7. The Morgan fingerprint density at radius 3 is 2.39 bits per heavy atom. The van der Waals surface area contributed by atoms with Crippen molar-refractivity contribution in [2.75, 3.05) is 13.3 Å². The second-order valence-corrected chi connectivity index (χ2v) is 8.31. The summed E-state index contributed by atoms with van der Waals surface area (Å²) in [4.78, 5) is 0.221. The number of nitrogens with two attached hydrogens (primary N) is 1. The van der Waals surface area contributed by atoms with E-state index in [1.165, 1.54) is 18.9 Å². The van der Waals surface area contributed by atoms with E-state index in [0.717, 1.165) is 25.7 Å². The normalized spacial score (nSPS) is 20.3. The predicted octanol–water partition coefficient (Wildman–Crippen LogP) is 2.05. The van der Waals surface area contributed by atoms with Crippen molar-refractivity contribution in [2.24, 2.45) is 5.73 Å². The van der Waals surface area contributed by atoms with Gasteiger partial charge in [-0.25, -0.2) is 13.1 Å². The van der Waals surface area contributed by atoms with Crippen LogP contribution in [0.2, 0.25) is 0 Å². The number of sulfonamides is 1. The van der Waals surface area contributed by atoms with Gasteiger partial charge in [-0.3, -0.25) is 0 Å². The van der Waals surface area contributed by atoms with Gasteiger partial charge in [-0.2, -0.15) is 0 Å². The minimum Gasteiger partial charge on any atom is -0.454 e. The van der Waals surface area contributed by atoms with Gasteiger partial charge in [0.1, 0.15) is 0 Å².